The maximum atomic E-state index is 12.5. The molecule has 1 saturated carbocycles. The lowest BCUT2D eigenvalue weighted by molar-refractivity contribution is -0.147. The molecule has 2 aromatic rings. The lowest BCUT2D eigenvalue weighted by Crippen LogP contribution is -2.44. The summed E-state index contributed by atoms with van der Waals surface area (Å²) in [6.45, 7) is 0.0986. The molecule has 9 nitrogen and oxygen atoms in total. The Morgan fingerprint density at radius 3 is 2.68 bits per heavy atom. The number of H-pyrrole nitrogens is 1. The van der Waals surface area contributed by atoms with Crippen molar-refractivity contribution in [3.63, 3.8) is 0 Å². The molecule has 1 aromatic heterocycles. The molecule has 2 heterocycles. The number of benzene rings is 1. The number of aryl methyl sites for hydroxylation is 1. The number of urea groups is 1. The maximum Gasteiger partial charge on any atom is 0.326 e. The summed E-state index contributed by atoms with van der Waals surface area (Å²) in [7, 11) is 0. The van der Waals surface area contributed by atoms with E-state index in [9.17, 15) is 19.2 Å². The van der Waals surface area contributed by atoms with E-state index in [1.165, 1.54) is 0 Å². The number of para-hydroxylation sites is 2. The summed E-state index contributed by atoms with van der Waals surface area (Å²) in [6, 6.07) is 6.82. The molecule has 1 saturated heterocycles. The van der Waals surface area contributed by atoms with Crippen molar-refractivity contribution in [3.05, 3.63) is 34.7 Å². The first-order valence-corrected chi connectivity index (χ1v) is 9.47. The monoisotopic (exact) mass is 386 g/mol. The average molecular weight is 386 g/mol. The van der Waals surface area contributed by atoms with Crippen LogP contribution in [0.1, 0.15) is 32.1 Å². The van der Waals surface area contributed by atoms with Crippen molar-refractivity contribution < 1.29 is 19.1 Å². The van der Waals surface area contributed by atoms with Gasteiger partial charge in [0.25, 0.3) is 5.91 Å². The van der Waals surface area contributed by atoms with Crippen LogP contribution in [0.2, 0.25) is 0 Å². The van der Waals surface area contributed by atoms with Crippen LogP contribution < -0.4 is 11.0 Å². The van der Waals surface area contributed by atoms with Crippen LogP contribution in [-0.4, -0.2) is 51.0 Å². The van der Waals surface area contributed by atoms with Gasteiger partial charge in [0.1, 0.15) is 12.1 Å². The third-order valence-electron chi connectivity index (χ3n) is 5.46. The number of imide groups is 1. The molecule has 2 N–H and O–H groups in total. The SMILES string of the molecule is O=C(CN1C(=O)NC2(CCCC2)C1=O)OCCCn1c(=O)[nH]c2ccccc21. The van der Waals surface area contributed by atoms with E-state index in [4.69, 9.17) is 4.74 Å². The summed E-state index contributed by atoms with van der Waals surface area (Å²) in [5.41, 5.74) is 0.506. The van der Waals surface area contributed by atoms with Crippen molar-refractivity contribution in [1.29, 1.82) is 0 Å². The van der Waals surface area contributed by atoms with Gasteiger partial charge in [0.05, 0.1) is 17.6 Å². The highest BCUT2D eigenvalue weighted by Crippen LogP contribution is 2.34. The smallest absolute Gasteiger partial charge is 0.326 e. The largest absolute Gasteiger partial charge is 0.464 e. The van der Waals surface area contributed by atoms with Gasteiger partial charge in [-0.1, -0.05) is 25.0 Å². The van der Waals surface area contributed by atoms with Crippen molar-refractivity contribution in [1.82, 2.24) is 19.8 Å². The van der Waals surface area contributed by atoms with E-state index in [0.717, 1.165) is 28.8 Å². The zero-order valence-electron chi connectivity index (χ0n) is 15.4. The van der Waals surface area contributed by atoms with E-state index in [-0.39, 0.29) is 24.7 Å². The van der Waals surface area contributed by atoms with Crippen LogP contribution in [0.15, 0.2) is 29.1 Å². The molecule has 148 valence electrons. The fourth-order valence-corrected chi connectivity index (χ4v) is 4.05. The van der Waals surface area contributed by atoms with Gasteiger partial charge in [-0.15, -0.1) is 0 Å². The second-order valence-corrected chi connectivity index (χ2v) is 7.28. The van der Waals surface area contributed by atoms with Crippen LogP contribution in [0.4, 0.5) is 4.79 Å². The lowest BCUT2D eigenvalue weighted by Gasteiger charge is -2.19. The zero-order valence-corrected chi connectivity index (χ0v) is 15.4. The summed E-state index contributed by atoms with van der Waals surface area (Å²) >= 11 is 0. The number of aromatic nitrogens is 2. The average Bonchev–Trinajstić information content (AvgIpc) is 3.33. The van der Waals surface area contributed by atoms with E-state index in [0.29, 0.717) is 25.8 Å². The van der Waals surface area contributed by atoms with Crippen LogP contribution in [0, 0.1) is 0 Å². The predicted octanol–water partition coefficient (Wildman–Crippen LogP) is 1.13. The number of aromatic amines is 1. The van der Waals surface area contributed by atoms with Crippen molar-refractivity contribution in [2.45, 2.75) is 44.2 Å². The van der Waals surface area contributed by atoms with Gasteiger partial charge in [0.2, 0.25) is 0 Å². The Hall–Kier alpha value is -3.10. The van der Waals surface area contributed by atoms with E-state index in [2.05, 4.69) is 10.3 Å². The van der Waals surface area contributed by atoms with Gasteiger partial charge < -0.3 is 15.0 Å². The van der Waals surface area contributed by atoms with Crippen LogP contribution in [0.3, 0.4) is 0 Å². The first kappa shape index (κ1) is 18.3. The predicted molar refractivity (Wildman–Crippen MR) is 99.6 cm³/mol. The van der Waals surface area contributed by atoms with E-state index >= 15 is 0 Å². The minimum atomic E-state index is -0.826. The van der Waals surface area contributed by atoms with Crippen molar-refractivity contribution in [2.24, 2.45) is 0 Å². The first-order chi connectivity index (χ1) is 13.5. The van der Waals surface area contributed by atoms with Crippen molar-refractivity contribution >= 4 is 28.9 Å². The number of fused-ring (bicyclic) bond motifs is 1. The molecule has 3 amide bonds. The number of esters is 1. The molecule has 1 aliphatic carbocycles. The molecule has 0 atom stereocenters. The third kappa shape index (κ3) is 3.17. The molecule has 1 spiro atoms. The highest BCUT2D eigenvalue weighted by molar-refractivity contribution is 6.08. The molecule has 0 radical (unpaired) electrons. The number of hydrogen-bond acceptors (Lipinski definition) is 5. The Morgan fingerprint density at radius 2 is 1.89 bits per heavy atom. The quantitative estimate of drug-likeness (QED) is 0.439. The van der Waals surface area contributed by atoms with Crippen molar-refractivity contribution in [3.8, 4) is 0 Å². The summed E-state index contributed by atoms with van der Waals surface area (Å²) in [6.07, 6.45) is 3.44. The summed E-state index contributed by atoms with van der Waals surface area (Å²) in [4.78, 5) is 52.4. The Morgan fingerprint density at radius 1 is 1.14 bits per heavy atom. The number of ether oxygens (including phenoxy) is 1. The number of nitrogens with zero attached hydrogens (tertiary/aromatic N) is 2. The van der Waals surface area contributed by atoms with E-state index < -0.39 is 17.5 Å². The number of imidazole rings is 1. The molecule has 2 fully saturated rings. The van der Waals surface area contributed by atoms with Gasteiger partial charge in [-0.05, 0) is 31.4 Å². The summed E-state index contributed by atoms with van der Waals surface area (Å²) in [5, 5.41) is 2.73. The van der Waals surface area contributed by atoms with Crippen LogP contribution in [0.5, 0.6) is 0 Å². The maximum absolute atomic E-state index is 12.5. The highest BCUT2D eigenvalue weighted by atomic mass is 16.5. The minimum absolute atomic E-state index is 0.0968. The number of hydrogen-bond donors (Lipinski definition) is 2. The standard InChI is InChI=1S/C19H22N4O5/c24-15(12-23-16(25)19(21-18(23)27)8-3-4-9-19)28-11-5-10-22-14-7-2-1-6-13(14)20-17(22)26/h1-2,6-7H,3-5,8-12H2,(H,20,26)(H,21,27). The highest BCUT2D eigenvalue weighted by Gasteiger charge is 2.52. The topological polar surface area (TPSA) is 114 Å². The second-order valence-electron chi connectivity index (χ2n) is 7.28. The van der Waals surface area contributed by atoms with E-state index in [1.807, 2.05) is 24.3 Å². The zero-order chi connectivity index (χ0) is 19.7. The molecule has 2 aliphatic rings. The van der Waals surface area contributed by atoms with Crippen LogP contribution in [0.25, 0.3) is 11.0 Å². The van der Waals surface area contributed by atoms with Crippen LogP contribution in [-0.2, 0) is 20.9 Å². The number of rotatable bonds is 6. The molecule has 28 heavy (non-hydrogen) atoms. The van der Waals surface area contributed by atoms with Crippen LogP contribution >= 0.6 is 0 Å². The second kappa shape index (κ2) is 7.14. The van der Waals surface area contributed by atoms with Gasteiger partial charge in [0, 0.05) is 6.54 Å². The molecule has 4 rings (SSSR count). The molecule has 1 aromatic carbocycles. The Kier molecular flexibility index (Phi) is 4.66. The summed E-state index contributed by atoms with van der Waals surface area (Å²) in [5.74, 6) is -0.970. The number of amides is 3. The van der Waals surface area contributed by atoms with Gasteiger partial charge in [0.15, 0.2) is 0 Å². The number of carbonyl (C=O) groups is 3. The first-order valence-electron chi connectivity index (χ1n) is 9.47. The number of carbonyl (C=O) groups excluding carboxylic acids is 3. The van der Waals surface area contributed by atoms with Gasteiger partial charge in [-0.3, -0.25) is 19.1 Å². The Balaban J connectivity index is 1.28. The molecule has 0 bridgehead atoms. The molecule has 0 unspecified atom stereocenters. The van der Waals surface area contributed by atoms with Gasteiger partial charge >= 0.3 is 17.7 Å². The normalized spacial score (nSPS) is 18.2. The fourth-order valence-electron chi connectivity index (χ4n) is 4.05. The minimum Gasteiger partial charge on any atom is -0.464 e. The Bertz CT molecular complexity index is 986. The molecule has 1 aliphatic heterocycles. The molecular formula is C19H22N4O5. The molecule has 9 heteroatoms. The van der Waals surface area contributed by atoms with Crippen molar-refractivity contribution in [2.75, 3.05) is 13.2 Å². The fraction of sp³-hybridized carbons (Fsp3) is 0.474. The Labute approximate surface area is 160 Å². The summed E-state index contributed by atoms with van der Waals surface area (Å²) < 4.78 is 6.75. The van der Waals surface area contributed by atoms with Gasteiger partial charge in [-0.25, -0.2) is 9.59 Å². The third-order valence-corrected chi connectivity index (χ3v) is 5.46. The lowest BCUT2D eigenvalue weighted by atomic mass is 9.98. The molecular weight excluding hydrogens is 364 g/mol. The van der Waals surface area contributed by atoms with E-state index in [1.54, 1.807) is 4.57 Å². The van der Waals surface area contributed by atoms with Gasteiger partial charge in [-0.2, -0.15) is 0 Å². The number of nitrogens with one attached hydrogen (secondary N) is 2.